The third-order valence-electron chi connectivity index (χ3n) is 5.11. The van der Waals surface area contributed by atoms with Gasteiger partial charge in [-0.05, 0) is 32.1 Å². The Balaban J connectivity index is 1.51. The lowest BCUT2D eigenvalue weighted by atomic mass is 9.87. The van der Waals surface area contributed by atoms with Crippen molar-refractivity contribution in [3.8, 4) is 0 Å². The van der Waals surface area contributed by atoms with E-state index in [-0.39, 0.29) is 29.4 Å². The van der Waals surface area contributed by atoms with Crippen molar-refractivity contribution in [2.75, 3.05) is 19.7 Å². The van der Waals surface area contributed by atoms with Gasteiger partial charge in [-0.1, -0.05) is 13.8 Å². The number of likely N-dealkylation sites (tertiary alicyclic amines) is 1. The van der Waals surface area contributed by atoms with Crippen molar-refractivity contribution in [1.29, 1.82) is 0 Å². The molecule has 2 amide bonds. The zero-order valence-electron chi connectivity index (χ0n) is 13.4. The molecule has 1 spiro atoms. The number of carbonyl (C=O) groups is 2. The molecule has 5 nitrogen and oxygen atoms in total. The molecule has 0 radical (unpaired) electrons. The predicted octanol–water partition coefficient (Wildman–Crippen LogP) is 1.41. The zero-order chi connectivity index (χ0) is 16.0. The fourth-order valence-corrected chi connectivity index (χ4v) is 3.38. The van der Waals surface area contributed by atoms with Crippen LogP contribution in [-0.4, -0.2) is 53.7 Å². The number of rotatable bonds is 3. The maximum absolute atomic E-state index is 13.9. The van der Waals surface area contributed by atoms with Crippen LogP contribution in [0.3, 0.4) is 0 Å². The van der Waals surface area contributed by atoms with E-state index in [0.717, 1.165) is 19.3 Å². The molecule has 2 aliphatic heterocycles. The number of halogens is 1. The number of hydrogen-bond acceptors (Lipinski definition) is 3. The Bertz CT molecular complexity index is 468. The van der Waals surface area contributed by atoms with E-state index in [2.05, 4.69) is 5.32 Å². The van der Waals surface area contributed by atoms with E-state index in [4.69, 9.17) is 4.74 Å². The lowest BCUT2D eigenvalue weighted by Crippen LogP contribution is -2.49. The molecular formula is C16H25FN2O3. The summed E-state index contributed by atoms with van der Waals surface area (Å²) in [5.41, 5.74) is -1.83. The Morgan fingerprint density at radius 1 is 1.23 bits per heavy atom. The van der Waals surface area contributed by atoms with E-state index in [1.165, 1.54) is 0 Å². The highest BCUT2D eigenvalue weighted by Gasteiger charge is 2.54. The summed E-state index contributed by atoms with van der Waals surface area (Å²) in [5.74, 6) is -0.327. The molecule has 0 aromatic carbocycles. The first kappa shape index (κ1) is 15.7. The van der Waals surface area contributed by atoms with E-state index in [1.54, 1.807) is 4.90 Å². The van der Waals surface area contributed by atoms with Crippen molar-refractivity contribution in [3.05, 3.63) is 0 Å². The Morgan fingerprint density at radius 2 is 1.86 bits per heavy atom. The van der Waals surface area contributed by atoms with Crippen LogP contribution in [0.4, 0.5) is 4.39 Å². The van der Waals surface area contributed by atoms with Gasteiger partial charge in [0.2, 0.25) is 5.91 Å². The van der Waals surface area contributed by atoms with Crippen LogP contribution in [0, 0.1) is 5.92 Å². The van der Waals surface area contributed by atoms with Gasteiger partial charge >= 0.3 is 0 Å². The lowest BCUT2D eigenvalue weighted by Gasteiger charge is -2.39. The molecule has 1 unspecified atom stereocenters. The maximum Gasteiger partial charge on any atom is 0.260 e. The molecule has 3 rings (SSSR count). The van der Waals surface area contributed by atoms with Gasteiger partial charge in [0.15, 0.2) is 5.67 Å². The highest BCUT2D eigenvalue weighted by atomic mass is 19.1. The van der Waals surface area contributed by atoms with E-state index in [1.807, 2.05) is 13.8 Å². The molecule has 3 aliphatic rings. The summed E-state index contributed by atoms with van der Waals surface area (Å²) in [4.78, 5) is 25.4. The van der Waals surface area contributed by atoms with Crippen molar-refractivity contribution in [1.82, 2.24) is 10.2 Å². The van der Waals surface area contributed by atoms with Gasteiger partial charge < -0.3 is 15.0 Å². The third-order valence-corrected chi connectivity index (χ3v) is 5.11. The Kier molecular flexibility index (Phi) is 3.91. The third kappa shape index (κ3) is 2.98. The predicted molar refractivity (Wildman–Crippen MR) is 79.0 cm³/mol. The van der Waals surface area contributed by atoms with Crippen LogP contribution in [0.2, 0.25) is 0 Å². The quantitative estimate of drug-likeness (QED) is 0.857. The zero-order valence-corrected chi connectivity index (χ0v) is 13.4. The molecule has 0 bridgehead atoms. The molecule has 1 aliphatic carbocycles. The second-order valence-corrected chi connectivity index (χ2v) is 7.32. The van der Waals surface area contributed by atoms with E-state index < -0.39 is 5.67 Å². The summed E-state index contributed by atoms with van der Waals surface area (Å²) < 4.78 is 19.8. The van der Waals surface area contributed by atoms with E-state index in [0.29, 0.717) is 32.5 Å². The van der Waals surface area contributed by atoms with Gasteiger partial charge in [-0.2, -0.15) is 0 Å². The summed E-state index contributed by atoms with van der Waals surface area (Å²) in [7, 11) is 0. The minimum Gasteiger partial charge on any atom is -0.373 e. The molecule has 2 heterocycles. The number of piperidine rings is 1. The first-order chi connectivity index (χ1) is 10.3. The Morgan fingerprint density at radius 3 is 2.41 bits per heavy atom. The highest BCUT2D eigenvalue weighted by molar-refractivity contribution is 5.88. The number of amides is 2. The summed E-state index contributed by atoms with van der Waals surface area (Å²) in [6.45, 7) is 5.37. The average Bonchev–Trinajstić information content (AvgIpc) is 3.13. The minimum atomic E-state index is -1.57. The van der Waals surface area contributed by atoms with Gasteiger partial charge in [-0.25, -0.2) is 4.39 Å². The average molecular weight is 312 g/mol. The maximum atomic E-state index is 13.9. The van der Waals surface area contributed by atoms with Crippen molar-refractivity contribution in [3.63, 3.8) is 0 Å². The molecular weight excluding hydrogens is 287 g/mol. The van der Waals surface area contributed by atoms with E-state index >= 15 is 0 Å². The monoisotopic (exact) mass is 312 g/mol. The highest BCUT2D eigenvalue weighted by Crippen LogP contribution is 2.43. The second kappa shape index (κ2) is 5.48. The number of carbonyl (C=O) groups excluding carboxylic acids is 2. The second-order valence-electron chi connectivity index (χ2n) is 7.32. The van der Waals surface area contributed by atoms with Gasteiger partial charge in [-0.15, -0.1) is 0 Å². The smallest absolute Gasteiger partial charge is 0.260 e. The number of ether oxygens (including phenoxy) is 1. The molecule has 6 heteroatoms. The van der Waals surface area contributed by atoms with Crippen LogP contribution in [0.5, 0.6) is 0 Å². The van der Waals surface area contributed by atoms with Crippen LogP contribution < -0.4 is 5.32 Å². The molecule has 0 aromatic heterocycles. The summed E-state index contributed by atoms with van der Waals surface area (Å²) in [5, 5.41) is 3.01. The SMILES string of the molecule is CC(C)C(=O)NC1COC2(CCN(C(=O)C3(F)CC3)CC2)C1. The number of alkyl halides is 1. The molecule has 2 saturated heterocycles. The van der Waals surface area contributed by atoms with E-state index in [9.17, 15) is 14.0 Å². The number of nitrogens with zero attached hydrogens (tertiary/aromatic N) is 1. The number of hydrogen-bond donors (Lipinski definition) is 1. The molecule has 1 atom stereocenters. The molecule has 0 aromatic rings. The van der Waals surface area contributed by atoms with Gasteiger partial charge in [0.1, 0.15) is 0 Å². The fraction of sp³-hybridized carbons (Fsp3) is 0.875. The largest absolute Gasteiger partial charge is 0.373 e. The molecule has 1 saturated carbocycles. The minimum absolute atomic E-state index is 0.0321. The van der Waals surface area contributed by atoms with Crippen LogP contribution in [0.15, 0.2) is 0 Å². The van der Waals surface area contributed by atoms with Gasteiger partial charge in [0, 0.05) is 19.0 Å². The molecule has 1 N–H and O–H groups in total. The van der Waals surface area contributed by atoms with Gasteiger partial charge in [0.05, 0.1) is 18.2 Å². The molecule has 22 heavy (non-hydrogen) atoms. The summed E-state index contributed by atoms with van der Waals surface area (Å²) in [6.07, 6.45) is 2.97. The van der Waals surface area contributed by atoms with Crippen molar-refractivity contribution in [2.24, 2.45) is 5.92 Å². The van der Waals surface area contributed by atoms with Crippen molar-refractivity contribution in [2.45, 2.75) is 63.3 Å². The number of nitrogens with one attached hydrogen (secondary N) is 1. The lowest BCUT2D eigenvalue weighted by molar-refractivity contribution is -0.143. The Hall–Kier alpha value is -1.17. The van der Waals surface area contributed by atoms with Crippen LogP contribution in [0.25, 0.3) is 0 Å². The van der Waals surface area contributed by atoms with Gasteiger partial charge in [-0.3, -0.25) is 9.59 Å². The topological polar surface area (TPSA) is 58.6 Å². The first-order valence-electron chi connectivity index (χ1n) is 8.26. The van der Waals surface area contributed by atoms with Gasteiger partial charge in [0.25, 0.3) is 5.91 Å². The first-order valence-corrected chi connectivity index (χ1v) is 8.26. The molecule has 3 fully saturated rings. The normalized spacial score (nSPS) is 28.9. The summed E-state index contributed by atoms with van der Waals surface area (Å²) in [6, 6.07) is 0.0492. The molecule has 124 valence electrons. The van der Waals surface area contributed by atoms with Crippen molar-refractivity contribution < 1.29 is 18.7 Å². The summed E-state index contributed by atoms with van der Waals surface area (Å²) >= 11 is 0. The fourth-order valence-electron chi connectivity index (χ4n) is 3.38. The van der Waals surface area contributed by atoms with Crippen LogP contribution >= 0.6 is 0 Å². The van der Waals surface area contributed by atoms with Crippen molar-refractivity contribution >= 4 is 11.8 Å². The standard InChI is InChI=1S/C16H25FN2O3/c1-11(2)13(20)18-12-9-15(22-10-12)5-7-19(8-6-15)14(21)16(17)3-4-16/h11-12H,3-10H2,1-2H3,(H,18,20). The van der Waals surface area contributed by atoms with Crippen LogP contribution in [-0.2, 0) is 14.3 Å². The Labute approximate surface area is 130 Å². The van der Waals surface area contributed by atoms with Crippen LogP contribution in [0.1, 0.15) is 46.0 Å².